The van der Waals surface area contributed by atoms with E-state index in [4.69, 9.17) is 14.5 Å². The van der Waals surface area contributed by atoms with Crippen LogP contribution in [-0.4, -0.2) is 86.7 Å². The second kappa shape index (κ2) is 13.4. The number of aromatic nitrogens is 4. The zero-order chi connectivity index (χ0) is 35.4. The Labute approximate surface area is 298 Å². The maximum atomic E-state index is 13.6. The van der Waals surface area contributed by atoms with E-state index in [2.05, 4.69) is 45.0 Å². The maximum absolute atomic E-state index is 13.6. The van der Waals surface area contributed by atoms with Gasteiger partial charge in [-0.2, -0.15) is 4.98 Å². The van der Waals surface area contributed by atoms with Crippen molar-refractivity contribution in [3.63, 3.8) is 0 Å². The number of allylic oxidation sites excluding steroid dienone is 2. The smallest absolute Gasteiger partial charge is 0.311 e. The molecule has 3 aliphatic heterocycles. The number of epoxide rings is 1. The SMILES string of the molecule is CC(=O)c1c(C)c2cnc(Nc3ccc(N4CCN(CC5C(=O)O[C@H]6C5C/C(C)=C/CCC[C@@]5(C)O[C@H]65)CC4)cn3)nc2n(C2CCCC2)c1=O. The van der Waals surface area contributed by atoms with Crippen LogP contribution in [0.3, 0.4) is 0 Å². The van der Waals surface area contributed by atoms with Crippen LogP contribution in [0.25, 0.3) is 11.0 Å². The maximum Gasteiger partial charge on any atom is 0.311 e. The summed E-state index contributed by atoms with van der Waals surface area (Å²) in [5, 5.41) is 3.94. The molecule has 8 rings (SSSR count). The summed E-state index contributed by atoms with van der Waals surface area (Å²) in [6, 6.07) is 3.98. The Morgan fingerprint density at radius 1 is 1.04 bits per heavy atom. The third-order valence-electron chi connectivity index (χ3n) is 12.1. The molecular weight excluding hydrogens is 646 g/mol. The number of esters is 1. The van der Waals surface area contributed by atoms with Gasteiger partial charge in [0.25, 0.3) is 5.56 Å². The molecule has 0 bridgehead atoms. The average molecular weight is 696 g/mol. The first kappa shape index (κ1) is 34.0. The summed E-state index contributed by atoms with van der Waals surface area (Å²) in [5.41, 5.74) is 3.34. The van der Waals surface area contributed by atoms with E-state index in [0.717, 1.165) is 83.2 Å². The number of Topliss-reactive ketones (excluding diaryl/α,β-unsaturated/α-hetero) is 1. The number of nitrogens with zero attached hydrogens (tertiary/aromatic N) is 6. The Morgan fingerprint density at radius 2 is 1.82 bits per heavy atom. The van der Waals surface area contributed by atoms with Gasteiger partial charge in [0.2, 0.25) is 5.95 Å². The quantitative estimate of drug-likeness (QED) is 0.145. The van der Waals surface area contributed by atoms with Crippen LogP contribution < -0.4 is 15.8 Å². The minimum Gasteiger partial charge on any atom is -0.459 e. The van der Waals surface area contributed by atoms with Crippen molar-refractivity contribution in [1.29, 1.82) is 0 Å². The third kappa shape index (κ3) is 6.45. The number of fused-ring (bicyclic) bond motifs is 4. The van der Waals surface area contributed by atoms with Crippen LogP contribution in [0.4, 0.5) is 17.5 Å². The summed E-state index contributed by atoms with van der Waals surface area (Å²) in [5.74, 6) is 0.644. The molecule has 1 N–H and O–H groups in total. The third-order valence-corrected chi connectivity index (χ3v) is 12.1. The average Bonchev–Trinajstić information content (AvgIpc) is 3.36. The molecule has 51 heavy (non-hydrogen) atoms. The van der Waals surface area contributed by atoms with Gasteiger partial charge < -0.3 is 19.7 Å². The first-order chi connectivity index (χ1) is 24.6. The van der Waals surface area contributed by atoms with E-state index in [0.29, 0.717) is 34.9 Å². The van der Waals surface area contributed by atoms with Gasteiger partial charge in [0, 0.05) is 56.3 Å². The lowest BCUT2D eigenvalue weighted by Gasteiger charge is -2.37. The number of ketones is 1. The van der Waals surface area contributed by atoms with Crippen molar-refractivity contribution in [3.8, 4) is 0 Å². The van der Waals surface area contributed by atoms with Crippen molar-refractivity contribution in [2.75, 3.05) is 42.9 Å². The number of pyridine rings is 2. The minimum atomic E-state index is -0.266. The van der Waals surface area contributed by atoms with Crippen molar-refractivity contribution >= 4 is 40.2 Å². The number of hydrogen-bond acceptors (Lipinski definition) is 11. The topological polar surface area (TPSA) is 135 Å². The number of carbonyl (C=O) groups excluding carboxylic acids is 2. The van der Waals surface area contributed by atoms with Crippen LogP contribution in [0.15, 0.2) is 41.0 Å². The zero-order valence-electron chi connectivity index (χ0n) is 30.2. The van der Waals surface area contributed by atoms with Gasteiger partial charge in [0.15, 0.2) is 5.78 Å². The lowest BCUT2D eigenvalue weighted by atomic mass is 9.80. The number of anilines is 3. The standard InChI is InChI=1S/C39H49N7O5/c1-23-9-7-8-14-39(4)34(51-39)33-28(19-23)30(37(49)50-33)22-44-15-17-45(18-16-44)27-12-13-31(40-20-27)42-38-41-21-29-24(2)32(25(3)47)36(48)46(35(29)43-38)26-10-5-6-11-26/h9,12-13,20-21,26,28,30,33-34H,5-8,10-11,14-19,22H2,1-4H3,(H,40,41,42,43)/b23-9+/t28?,30?,33-,34+,39+/m0/s1. The summed E-state index contributed by atoms with van der Waals surface area (Å²) in [6.45, 7) is 11.7. The van der Waals surface area contributed by atoms with Crippen LogP contribution in [0, 0.1) is 18.8 Å². The summed E-state index contributed by atoms with van der Waals surface area (Å²) in [4.78, 5) is 58.0. The van der Waals surface area contributed by atoms with E-state index in [1.807, 2.05) is 18.3 Å². The van der Waals surface area contributed by atoms with Gasteiger partial charge in [-0.3, -0.25) is 23.9 Å². The summed E-state index contributed by atoms with van der Waals surface area (Å²) >= 11 is 0. The van der Waals surface area contributed by atoms with E-state index in [1.54, 1.807) is 17.7 Å². The van der Waals surface area contributed by atoms with Gasteiger partial charge in [-0.15, -0.1) is 0 Å². The van der Waals surface area contributed by atoms with E-state index in [9.17, 15) is 14.4 Å². The molecule has 0 aromatic carbocycles. The first-order valence-corrected chi connectivity index (χ1v) is 18.8. The Kier molecular flexibility index (Phi) is 8.94. The fraction of sp³-hybridized carbons (Fsp3) is 0.590. The summed E-state index contributed by atoms with van der Waals surface area (Å²) < 4.78 is 14.0. The molecule has 6 heterocycles. The highest BCUT2D eigenvalue weighted by Crippen LogP contribution is 2.50. The molecular formula is C39H49N7O5. The molecule has 3 aromatic heterocycles. The van der Waals surface area contributed by atoms with Crippen molar-refractivity contribution in [2.24, 2.45) is 11.8 Å². The number of aryl methyl sites for hydroxylation is 1. The molecule has 12 heteroatoms. The molecule has 5 atom stereocenters. The molecule has 0 amide bonds. The number of ether oxygens (including phenoxy) is 2. The summed E-state index contributed by atoms with van der Waals surface area (Å²) in [7, 11) is 0. The molecule has 12 nitrogen and oxygen atoms in total. The molecule has 1 saturated carbocycles. The molecule has 4 fully saturated rings. The lowest BCUT2D eigenvalue weighted by Crippen LogP contribution is -2.49. The van der Waals surface area contributed by atoms with Gasteiger partial charge >= 0.3 is 5.97 Å². The highest BCUT2D eigenvalue weighted by atomic mass is 16.6. The molecule has 5 aliphatic rings. The Bertz CT molecular complexity index is 1930. The van der Waals surface area contributed by atoms with Gasteiger partial charge in [-0.05, 0) is 83.9 Å². The molecule has 3 saturated heterocycles. The second-order valence-corrected chi connectivity index (χ2v) is 15.6. The van der Waals surface area contributed by atoms with Gasteiger partial charge in [0.05, 0.1) is 29.0 Å². The fourth-order valence-electron chi connectivity index (χ4n) is 9.13. The fourth-order valence-corrected chi connectivity index (χ4v) is 9.13. The predicted molar refractivity (Wildman–Crippen MR) is 195 cm³/mol. The Hall–Kier alpha value is -4.16. The lowest BCUT2D eigenvalue weighted by molar-refractivity contribution is -0.145. The molecule has 2 unspecified atom stereocenters. The van der Waals surface area contributed by atoms with Crippen LogP contribution in [0.2, 0.25) is 0 Å². The summed E-state index contributed by atoms with van der Waals surface area (Å²) in [6.07, 6.45) is 13.7. The van der Waals surface area contributed by atoms with Crippen molar-refractivity contribution in [2.45, 2.75) is 103 Å². The predicted octanol–water partition coefficient (Wildman–Crippen LogP) is 5.51. The van der Waals surface area contributed by atoms with Crippen molar-refractivity contribution in [1.82, 2.24) is 24.4 Å². The van der Waals surface area contributed by atoms with E-state index in [1.165, 1.54) is 12.5 Å². The van der Waals surface area contributed by atoms with Crippen LogP contribution in [0.5, 0.6) is 0 Å². The molecule has 0 spiro atoms. The van der Waals surface area contributed by atoms with Gasteiger partial charge in [-0.25, -0.2) is 9.97 Å². The largest absolute Gasteiger partial charge is 0.459 e. The number of rotatable bonds is 7. The molecule has 2 aliphatic carbocycles. The number of carbonyl (C=O) groups is 2. The van der Waals surface area contributed by atoms with E-state index >= 15 is 0 Å². The second-order valence-electron chi connectivity index (χ2n) is 15.6. The normalized spacial score (nSPS) is 29.6. The van der Waals surface area contributed by atoms with Gasteiger partial charge in [0.1, 0.15) is 23.7 Å². The van der Waals surface area contributed by atoms with E-state index < -0.39 is 0 Å². The number of hydrogen-bond donors (Lipinski definition) is 1. The molecule has 270 valence electrons. The van der Waals surface area contributed by atoms with Gasteiger partial charge in [-0.1, -0.05) is 24.5 Å². The number of piperazine rings is 1. The number of nitrogens with one attached hydrogen (secondary N) is 1. The molecule has 3 aromatic rings. The Morgan fingerprint density at radius 3 is 2.55 bits per heavy atom. The highest BCUT2D eigenvalue weighted by Gasteiger charge is 2.62. The van der Waals surface area contributed by atoms with Crippen LogP contribution in [0.1, 0.15) is 94.1 Å². The highest BCUT2D eigenvalue weighted by molar-refractivity contribution is 5.99. The van der Waals surface area contributed by atoms with Crippen molar-refractivity contribution < 1.29 is 19.1 Å². The monoisotopic (exact) mass is 695 g/mol. The first-order valence-electron chi connectivity index (χ1n) is 18.8. The van der Waals surface area contributed by atoms with E-state index in [-0.39, 0.29) is 58.6 Å². The Balaban J connectivity index is 0.923. The zero-order valence-corrected chi connectivity index (χ0v) is 30.2. The van der Waals surface area contributed by atoms with Crippen LogP contribution in [-0.2, 0) is 14.3 Å². The minimum absolute atomic E-state index is 0.0149. The van der Waals surface area contributed by atoms with Crippen molar-refractivity contribution in [3.05, 3.63) is 57.7 Å². The van der Waals surface area contributed by atoms with Crippen LogP contribution >= 0.6 is 0 Å². The molecule has 0 radical (unpaired) electrons.